The van der Waals surface area contributed by atoms with Crippen molar-refractivity contribution in [3.8, 4) is 6.07 Å². The molecule has 2 fully saturated rings. The number of nitrogens with zero attached hydrogens (tertiary/aromatic N) is 4. The molecule has 1 aliphatic carbocycles. The quantitative estimate of drug-likeness (QED) is 0.715. The number of hydrogen-bond acceptors (Lipinski definition) is 5. The first-order valence-electron chi connectivity index (χ1n) is 11.0. The van der Waals surface area contributed by atoms with Gasteiger partial charge in [-0.05, 0) is 38.3 Å². The zero-order chi connectivity index (χ0) is 23.8. The Kier molecular flexibility index (Phi) is 6.06. The molecule has 0 bridgehead atoms. The van der Waals surface area contributed by atoms with Crippen LogP contribution in [0.15, 0.2) is 30.5 Å². The van der Waals surface area contributed by atoms with Crippen molar-refractivity contribution in [2.24, 2.45) is 17.6 Å². The van der Waals surface area contributed by atoms with Gasteiger partial charge < -0.3 is 16.0 Å². The van der Waals surface area contributed by atoms with E-state index in [2.05, 4.69) is 16.5 Å². The maximum Gasteiger partial charge on any atom is 0.267 e. The summed E-state index contributed by atoms with van der Waals surface area (Å²) in [4.78, 5) is 26.0. The summed E-state index contributed by atoms with van der Waals surface area (Å²) >= 11 is 0. The van der Waals surface area contributed by atoms with Gasteiger partial charge in [-0.15, -0.1) is 0 Å². The van der Waals surface area contributed by atoms with Crippen molar-refractivity contribution in [3.63, 3.8) is 0 Å². The van der Waals surface area contributed by atoms with Crippen LogP contribution in [0.1, 0.15) is 47.6 Å². The first-order valence-corrected chi connectivity index (χ1v) is 11.0. The Morgan fingerprint density at radius 2 is 2.00 bits per heavy atom. The number of carbonyl (C=O) groups is 2. The lowest BCUT2D eigenvalue weighted by atomic mass is 9.78. The van der Waals surface area contributed by atoms with E-state index in [1.807, 2.05) is 31.2 Å². The molecule has 1 aromatic heterocycles. The number of aromatic nitrogens is 2. The van der Waals surface area contributed by atoms with Gasteiger partial charge in [0.15, 0.2) is 5.82 Å². The predicted octanol–water partition coefficient (Wildman–Crippen LogP) is 3.38. The monoisotopic (exact) mass is 456 g/mol. The Hall–Kier alpha value is -3.48. The first-order chi connectivity index (χ1) is 15.7. The van der Waals surface area contributed by atoms with Crippen LogP contribution in [0.25, 0.3) is 0 Å². The number of likely N-dealkylation sites (tertiary alicyclic amines) is 1. The van der Waals surface area contributed by atoms with Gasteiger partial charge in [0.2, 0.25) is 5.91 Å². The van der Waals surface area contributed by atoms with Crippen molar-refractivity contribution in [2.75, 3.05) is 18.4 Å². The molecule has 1 saturated heterocycles. The lowest BCUT2D eigenvalue weighted by Gasteiger charge is -2.33. The number of nitriles is 1. The summed E-state index contributed by atoms with van der Waals surface area (Å²) in [5, 5.41) is 17.4. The minimum atomic E-state index is -2.84. The fourth-order valence-electron chi connectivity index (χ4n) is 4.62. The molecular weight excluding hydrogens is 430 g/mol. The third-order valence-electron chi connectivity index (χ3n) is 6.46. The first kappa shape index (κ1) is 22.7. The van der Waals surface area contributed by atoms with Crippen LogP contribution in [0.3, 0.4) is 0 Å². The fourth-order valence-corrected chi connectivity index (χ4v) is 4.62. The van der Waals surface area contributed by atoms with Gasteiger partial charge in [0.25, 0.3) is 11.8 Å². The average Bonchev–Trinajstić information content (AvgIpc) is 3.37. The molecule has 174 valence electrons. The second kappa shape index (κ2) is 8.81. The summed E-state index contributed by atoms with van der Waals surface area (Å²) < 4.78 is 28.6. The van der Waals surface area contributed by atoms with E-state index in [4.69, 9.17) is 5.73 Å². The molecule has 8 nitrogen and oxygen atoms in total. The molecule has 0 unspecified atom stereocenters. The Bertz CT molecular complexity index is 1090. The molecule has 4 rings (SSSR count). The summed E-state index contributed by atoms with van der Waals surface area (Å²) in [6, 6.07) is 9.44. The molecule has 1 aliphatic heterocycles. The molecule has 0 spiro atoms. The van der Waals surface area contributed by atoms with E-state index in [1.54, 1.807) is 4.68 Å². The van der Waals surface area contributed by atoms with Gasteiger partial charge in [0.05, 0.1) is 24.6 Å². The van der Waals surface area contributed by atoms with E-state index >= 15 is 0 Å². The van der Waals surface area contributed by atoms with Crippen molar-refractivity contribution in [3.05, 3.63) is 41.6 Å². The van der Waals surface area contributed by atoms with Gasteiger partial charge in [-0.1, -0.05) is 17.7 Å². The zero-order valence-corrected chi connectivity index (χ0v) is 18.3. The van der Waals surface area contributed by atoms with Crippen LogP contribution in [0.5, 0.6) is 0 Å². The highest BCUT2D eigenvalue weighted by atomic mass is 19.3. The predicted molar refractivity (Wildman–Crippen MR) is 117 cm³/mol. The number of amides is 2. The maximum absolute atomic E-state index is 13.5. The number of nitrogens with one attached hydrogen (secondary N) is 1. The summed E-state index contributed by atoms with van der Waals surface area (Å²) in [7, 11) is 0. The van der Waals surface area contributed by atoms with Crippen molar-refractivity contribution >= 4 is 23.3 Å². The molecule has 1 aromatic carbocycles. The third-order valence-corrected chi connectivity index (χ3v) is 6.46. The summed E-state index contributed by atoms with van der Waals surface area (Å²) in [5.41, 5.74) is 7.57. The molecule has 0 radical (unpaired) electrons. The average molecular weight is 456 g/mol. The van der Waals surface area contributed by atoms with Crippen LogP contribution in [0, 0.1) is 30.1 Å². The molecule has 2 aromatic rings. The van der Waals surface area contributed by atoms with Crippen LogP contribution in [0.4, 0.5) is 20.3 Å². The number of rotatable bonds is 5. The van der Waals surface area contributed by atoms with Crippen molar-refractivity contribution < 1.29 is 18.4 Å². The van der Waals surface area contributed by atoms with E-state index in [9.17, 15) is 23.6 Å². The number of anilines is 2. The smallest absolute Gasteiger partial charge is 0.267 e. The molecule has 2 aliphatic rings. The Morgan fingerprint density at radius 1 is 1.27 bits per heavy atom. The molecule has 1 saturated carbocycles. The van der Waals surface area contributed by atoms with Gasteiger partial charge in [-0.25, -0.2) is 8.78 Å². The number of nitrogens with two attached hydrogens (primary N) is 1. The van der Waals surface area contributed by atoms with Gasteiger partial charge in [-0.3, -0.25) is 14.3 Å². The fraction of sp³-hybridized carbons (Fsp3) is 0.478. The van der Waals surface area contributed by atoms with Gasteiger partial charge >= 0.3 is 0 Å². The van der Waals surface area contributed by atoms with E-state index in [0.717, 1.165) is 11.3 Å². The molecular formula is C23H26F2N6O2. The lowest BCUT2D eigenvalue weighted by molar-refractivity contribution is -0.137. The summed E-state index contributed by atoms with van der Waals surface area (Å²) in [6.45, 7) is 1.45. The second-order valence-electron chi connectivity index (χ2n) is 8.91. The molecule has 3 atom stereocenters. The standard InChI is InChI=1S/C23H26F2N6O2/c1-14-2-5-17(6-3-14)28-21-18(20(27)32)12-31(29-21)19-7-4-15(10-16(19)11-26)22(33)30-9-8-23(24,25)13-30/h2-3,5-6,12,15-16,19H,4,7-10,13H2,1H3,(H2,27,32)(H,28,29)/t15-,16+,19-/m0/s1. The molecule has 2 amide bonds. The van der Waals surface area contributed by atoms with Crippen molar-refractivity contribution in [2.45, 2.75) is 44.6 Å². The number of alkyl halides is 2. The molecule has 2 heterocycles. The van der Waals surface area contributed by atoms with E-state index in [1.165, 1.54) is 11.1 Å². The SMILES string of the molecule is Cc1ccc(Nc2nn([C@H]3CC[C@H](C(=O)N4CCC(F)(F)C4)C[C@@H]3C#N)cc2C(N)=O)cc1. The Labute approximate surface area is 190 Å². The largest absolute Gasteiger partial charge is 0.365 e. The maximum atomic E-state index is 13.5. The highest BCUT2D eigenvalue weighted by Gasteiger charge is 2.44. The number of halogens is 2. The zero-order valence-electron chi connectivity index (χ0n) is 18.3. The highest BCUT2D eigenvalue weighted by Crippen LogP contribution is 2.39. The van der Waals surface area contributed by atoms with Crippen LogP contribution < -0.4 is 11.1 Å². The number of benzene rings is 1. The van der Waals surface area contributed by atoms with E-state index in [0.29, 0.717) is 18.7 Å². The van der Waals surface area contributed by atoms with Gasteiger partial charge in [0, 0.05) is 30.8 Å². The van der Waals surface area contributed by atoms with Crippen LogP contribution in [-0.2, 0) is 4.79 Å². The number of aryl methyl sites for hydroxylation is 1. The Morgan fingerprint density at radius 3 is 2.61 bits per heavy atom. The number of carbonyl (C=O) groups excluding carboxylic acids is 2. The molecule has 33 heavy (non-hydrogen) atoms. The summed E-state index contributed by atoms with van der Waals surface area (Å²) in [5.74, 6) is -4.54. The number of hydrogen-bond donors (Lipinski definition) is 2. The third kappa shape index (κ3) is 4.82. The minimum Gasteiger partial charge on any atom is -0.365 e. The van der Waals surface area contributed by atoms with Crippen molar-refractivity contribution in [1.82, 2.24) is 14.7 Å². The minimum absolute atomic E-state index is 0.0398. The van der Waals surface area contributed by atoms with Crippen LogP contribution in [-0.4, -0.2) is 45.5 Å². The van der Waals surface area contributed by atoms with Gasteiger partial charge in [-0.2, -0.15) is 10.4 Å². The normalized spacial score (nSPS) is 24.3. The Balaban J connectivity index is 1.51. The van der Waals surface area contributed by atoms with E-state index in [-0.39, 0.29) is 36.9 Å². The lowest BCUT2D eigenvalue weighted by Crippen LogP contribution is -2.39. The van der Waals surface area contributed by atoms with Gasteiger partial charge in [0.1, 0.15) is 5.56 Å². The molecule has 3 N–H and O–H groups in total. The second-order valence-corrected chi connectivity index (χ2v) is 8.91. The molecule has 10 heteroatoms. The summed E-state index contributed by atoms with van der Waals surface area (Å²) in [6.07, 6.45) is 2.38. The van der Waals surface area contributed by atoms with Crippen LogP contribution >= 0.6 is 0 Å². The van der Waals surface area contributed by atoms with Crippen molar-refractivity contribution in [1.29, 1.82) is 5.26 Å². The highest BCUT2D eigenvalue weighted by molar-refractivity contribution is 5.98. The van der Waals surface area contributed by atoms with E-state index < -0.39 is 30.2 Å². The van der Waals surface area contributed by atoms with Crippen LogP contribution in [0.2, 0.25) is 0 Å². The topological polar surface area (TPSA) is 117 Å². The number of primary amides is 1.